The highest BCUT2D eigenvalue weighted by Crippen LogP contribution is 2.30. The van der Waals surface area contributed by atoms with Gasteiger partial charge in [0.15, 0.2) is 0 Å². The lowest BCUT2D eigenvalue weighted by Crippen LogP contribution is -2.06. The van der Waals surface area contributed by atoms with Crippen LogP contribution >= 0.6 is 0 Å². The van der Waals surface area contributed by atoms with Crippen molar-refractivity contribution in [2.45, 2.75) is 200 Å². The SMILES string of the molecule is CCCCCCCC/C=C(/CCCCCCCC(=O)OO)C(CCCCCCCCC)CCCCCCCC(=O)OO. The van der Waals surface area contributed by atoms with Crippen LogP contribution < -0.4 is 0 Å². The highest BCUT2D eigenvalue weighted by atomic mass is 17.1. The van der Waals surface area contributed by atoms with Crippen molar-refractivity contribution in [2.75, 3.05) is 0 Å². The van der Waals surface area contributed by atoms with Crippen LogP contribution in [0.3, 0.4) is 0 Å². The molecule has 6 heteroatoms. The van der Waals surface area contributed by atoms with Crippen LogP contribution in [0.15, 0.2) is 11.6 Å². The normalized spacial score (nSPS) is 12.4. The summed E-state index contributed by atoms with van der Waals surface area (Å²) in [6.45, 7) is 4.55. The average molecular weight is 597 g/mol. The van der Waals surface area contributed by atoms with Crippen LogP contribution in [0.1, 0.15) is 200 Å². The van der Waals surface area contributed by atoms with Crippen LogP contribution in [0.5, 0.6) is 0 Å². The van der Waals surface area contributed by atoms with Gasteiger partial charge >= 0.3 is 11.9 Å². The van der Waals surface area contributed by atoms with E-state index in [0.29, 0.717) is 18.8 Å². The van der Waals surface area contributed by atoms with Crippen LogP contribution in [0, 0.1) is 5.92 Å². The fourth-order valence-corrected chi connectivity index (χ4v) is 5.96. The largest absolute Gasteiger partial charge is 0.342 e. The van der Waals surface area contributed by atoms with Crippen molar-refractivity contribution in [3.05, 3.63) is 11.6 Å². The van der Waals surface area contributed by atoms with Crippen molar-refractivity contribution >= 4 is 11.9 Å². The van der Waals surface area contributed by atoms with E-state index < -0.39 is 11.9 Å². The first kappa shape index (κ1) is 40.6. The highest BCUT2D eigenvalue weighted by molar-refractivity contribution is 5.68. The number of hydrogen-bond donors (Lipinski definition) is 2. The van der Waals surface area contributed by atoms with E-state index in [0.717, 1.165) is 38.5 Å². The van der Waals surface area contributed by atoms with Crippen LogP contribution in [0.25, 0.3) is 0 Å². The second-order valence-corrected chi connectivity index (χ2v) is 12.4. The molecule has 248 valence electrons. The summed E-state index contributed by atoms with van der Waals surface area (Å²) in [6.07, 6.45) is 36.3. The average Bonchev–Trinajstić information content (AvgIpc) is 3.00. The molecule has 0 fully saturated rings. The predicted molar refractivity (Wildman–Crippen MR) is 174 cm³/mol. The molecule has 2 N–H and O–H groups in total. The van der Waals surface area contributed by atoms with Gasteiger partial charge < -0.3 is 9.78 Å². The molecule has 0 aliphatic carbocycles. The molecule has 0 saturated heterocycles. The lowest BCUT2D eigenvalue weighted by molar-refractivity contribution is -0.234. The zero-order chi connectivity index (χ0) is 30.9. The third kappa shape index (κ3) is 27.4. The highest BCUT2D eigenvalue weighted by Gasteiger charge is 2.14. The van der Waals surface area contributed by atoms with Gasteiger partial charge in [0.25, 0.3) is 0 Å². The molecule has 0 rings (SSSR count). The van der Waals surface area contributed by atoms with Crippen molar-refractivity contribution < 1.29 is 29.9 Å². The molecule has 0 aromatic rings. The van der Waals surface area contributed by atoms with Crippen LogP contribution in [-0.4, -0.2) is 22.5 Å². The van der Waals surface area contributed by atoms with Gasteiger partial charge in [-0.05, 0) is 57.3 Å². The maximum absolute atomic E-state index is 11.1. The summed E-state index contributed by atoms with van der Waals surface area (Å²) in [6, 6.07) is 0. The minimum Gasteiger partial charge on any atom is -0.301 e. The van der Waals surface area contributed by atoms with Gasteiger partial charge in [0.05, 0.1) is 0 Å². The van der Waals surface area contributed by atoms with Gasteiger partial charge in [-0.15, -0.1) is 0 Å². The molecule has 1 atom stereocenters. The van der Waals surface area contributed by atoms with E-state index in [2.05, 4.69) is 29.7 Å². The van der Waals surface area contributed by atoms with Gasteiger partial charge in [-0.1, -0.05) is 147 Å². The van der Waals surface area contributed by atoms with E-state index >= 15 is 0 Å². The van der Waals surface area contributed by atoms with Crippen LogP contribution in [-0.2, 0) is 19.4 Å². The molecule has 0 radical (unpaired) electrons. The Morgan fingerprint density at radius 2 is 0.857 bits per heavy atom. The number of carbonyl (C=O) groups excluding carboxylic acids is 2. The van der Waals surface area contributed by atoms with Gasteiger partial charge in [0.1, 0.15) is 0 Å². The molecule has 0 heterocycles. The standard InChI is InChI=1S/C36H68O6/c1-3-5-7-9-11-15-21-27-33(29-23-17-13-19-25-31-35(37)41-39)34(28-22-16-12-10-8-6-4-2)30-24-18-14-20-26-32-36(38)42-40/h27,34,39-40H,3-26,28-32H2,1-2H3/b33-27-. The van der Waals surface area contributed by atoms with Crippen molar-refractivity contribution in [3.8, 4) is 0 Å². The number of unbranched alkanes of at least 4 members (excludes halogenated alkanes) is 20. The molecule has 0 spiro atoms. The Bertz CT molecular complexity index is 632. The van der Waals surface area contributed by atoms with Crippen LogP contribution in [0.2, 0.25) is 0 Å². The molecule has 0 aliphatic heterocycles. The topological polar surface area (TPSA) is 93.1 Å². The van der Waals surface area contributed by atoms with E-state index in [1.54, 1.807) is 5.57 Å². The Balaban J connectivity index is 4.92. The molecule has 0 saturated carbocycles. The first-order valence-corrected chi connectivity index (χ1v) is 18.0. The monoisotopic (exact) mass is 597 g/mol. The second-order valence-electron chi connectivity index (χ2n) is 12.4. The Morgan fingerprint density at radius 3 is 1.29 bits per heavy atom. The molecular weight excluding hydrogens is 528 g/mol. The second kappa shape index (κ2) is 32.5. The number of hydrogen-bond acceptors (Lipinski definition) is 6. The molecule has 0 aliphatic rings. The fourth-order valence-electron chi connectivity index (χ4n) is 5.96. The summed E-state index contributed by atoms with van der Waals surface area (Å²) < 4.78 is 0. The number of rotatable bonds is 32. The molecule has 0 aromatic heterocycles. The fraction of sp³-hybridized carbons (Fsp3) is 0.889. The van der Waals surface area contributed by atoms with Crippen LogP contribution in [0.4, 0.5) is 0 Å². The zero-order valence-corrected chi connectivity index (χ0v) is 27.7. The predicted octanol–water partition coefficient (Wildman–Crippen LogP) is 11.9. The Kier molecular flexibility index (Phi) is 31.4. The summed E-state index contributed by atoms with van der Waals surface area (Å²) in [5, 5.41) is 16.8. The zero-order valence-electron chi connectivity index (χ0n) is 27.7. The summed E-state index contributed by atoms with van der Waals surface area (Å²) in [7, 11) is 0. The third-order valence-electron chi connectivity index (χ3n) is 8.63. The third-order valence-corrected chi connectivity index (χ3v) is 8.63. The smallest absolute Gasteiger partial charge is 0.301 e. The summed E-state index contributed by atoms with van der Waals surface area (Å²) >= 11 is 0. The summed E-state index contributed by atoms with van der Waals surface area (Å²) in [5.41, 5.74) is 1.70. The van der Waals surface area contributed by atoms with E-state index in [9.17, 15) is 9.59 Å². The molecule has 1 unspecified atom stereocenters. The quantitative estimate of drug-likeness (QED) is 0.0347. The van der Waals surface area contributed by atoms with E-state index in [1.165, 1.54) is 135 Å². The molecular formula is C36H68O6. The molecule has 6 nitrogen and oxygen atoms in total. The van der Waals surface area contributed by atoms with E-state index in [-0.39, 0.29) is 0 Å². The van der Waals surface area contributed by atoms with Crippen molar-refractivity contribution in [3.63, 3.8) is 0 Å². The summed E-state index contributed by atoms with van der Waals surface area (Å²) in [4.78, 5) is 29.8. The summed E-state index contributed by atoms with van der Waals surface area (Å²) in [5.74, 6) is -0.377. The lowest BCUT2D eigenvalue weighted by atomic mass is 9.84. The maximum Gasteiger partial charge on any atom is 0.342 e. The van der Waals surface area contributed by atoms with Crippen molar-refractivity contribution in [2.24, 2.45) is 5.92 Å². The number of carbonyl (C=O) groups is 2. The molecule has 42 heavy (non-hydrogen) atoms. The maximum atomic E-state index is 11.1. The first-order valence-electron chi connectivity index (χ1n) is 18.0. The minimum absolute atomic E-state index is 0.298. The molecule has 0 bridgehead atoms. The van der Waals surface area contributed by atoms with Gasteiger partial charge in [0, 0.05) is 12.8 Å². The van der Waals surface area contributed by atoms with Gasteiger partial charge in [0.2, 0.25) is 0 Å². The van der Waals surface area contributed by atoms with E-state index in [1.807, 2.05) is 0 Å². The van der Waals surface area contributed by atoms with Crippen molar-refractivity contribution in [1.29, 1.82) is 0 Å². The Morgan fingerprint density at radius 1 is 0.500 bits per heavy atom. The lowest BCUT2D eigenvalue weighted by Gasteiger charge is -2.22. The first-order chi connectivity index (χ1) is 20.6. The number of allylic oxidation sites excluding steroid dienone is 2. The minimum atomic E-state index is -0.532. The Hall–Kier alpha value is -1.40. The van der Waals surface area contributed by atoms with Gasteiger partial charge in [-0.25, -0.2) is 9.59 Å². The van der Waals surface area contributed by atoms with Gasteiger partial charge in [-0.3, -0.25) is 0 Å². The Labute approximate surface area is 259 Å². The molecule has 0 aromatic carbocycles. The van der Waals surface area contributed by atoms with Crippen molar-refractivity contribution in [1.82, 2.24) is 0 Å². The van der Waals surface area contributed by atoms with E-state index in [4.69, 9.17) is 10.5 Å². The molecule has 0 amide bonds. The van der Waals surface area contributed by atoms with Gasteiger partial charge in [-0.2, -0.15) is 10.5 Å².